The van der Waals surface area contributed by atoms with Gasteiger partial charge < -0.3 is 9.53 Å². The molecule has 1 aromatic carbocycles. The van der Waals surface area contributed by atoms with Gasteiger partial charge in [0.15, 0.2) is 0 Å². The Bertz CT molecular complexity index is 477. The number of benzene rings is 1. The number of fused-ring (bicyclic) bond motifs is 1. The quantitative estimate of drug-likeness (QED) is 0.568. The van der Waals surface area contributed by atoms with Crippen LogP contribution in [0.1, 0.15) is 12.8 Å². The van der Waals surface area contributed by atoms with Gasteiger partial charge >= 0.3 is 0 Å². The Morgan fingerprint density at radius 2 is 2.12 bits per heavy atom. The van der Waals surface area contributed by atoms with E-state index < -0.39 is 0 Å². The first-order valence-electron chi connectivity index (χ1n) is 5.32. The number of hydrogen-bond donors (Lipinski definition) is 0. The molecule has 2 aromatic rings. The molecule has 0 atom stereocenters. The number of carbonyl (C=O) groups excluding carboxylic acids is 1. The third kappa shape index (κ3) is 2.37. The molecule has 0 radical (unpaired) electrons. The molecule has 0 aliphatic rings. The molecule has 0 unspecified atom stereocenters. The van der Waals surface area contributed by atoms with Crippen LogP contribution in [0, 0.1) is 0 Å². The van der Waals surface area contributed by atoms with E-state index in [1.807, 2.05) is 30.3 Å². The summed E-state index contributed by atoms with van der Waals surface area (Å²) in [5.74, 6) is 0.781. The second kappa shape index (κ2) is 5.26. The van der Waals surface area contributed by atoms with Crippen molar-refractivity contribution < 1.29 is 9.53 Å². The van der Waals surface area contributed by atoms with Crippen molar-refractivity contribution in [3.63, 3.8) is 0 Å². The van der Waals surface area contributed by atoms with Crippen molar-refractivity contribution >= 4 is 17.2 Å². The van der Waals surface area contributed by atoms with Gasteiger partial charge in [0.05, 0.1) is 6.61 Å². The Balaban J connectivity index is 2.14. The van der Waals surface area contributed by atoms with E-state index in [2.05, 4.69) is 4.98 Å². The topological polar surface area (TPSA) is 39.2 Å². The van der Waals surface area contributed by atoms with Crippen molar-refractivity contribution in [2.24, 2.45) is 0 Å². The number of carbonyl (C=O) groups is 1. The fourth-order valence-corrected chi connectivity index (χ4v) is 1.54. The van der Waals surface area contributed by atoms with Gasteiger partial charge in [-0.1, -0.05) is 18.2 Å². The standard InChI is InChI=1S/C13H13NO2/c15-9-1-2-10-16-12-7-3-5-11-6-4-8-14-13(11)12/h3-9H,1-2,10H2. The number of aldehydes is 1. The van der Waals surface area contributed by atoms with Gasteiger partial charge in [0, 0.05) is 18.0 Å². The van der Waals surface area contributed by atoms with Crippen molar-refractivity contribution in [3.05, 3.63) is 36.5 Å². The van der Waals surface area contributed by atoms with Crippen LogP contribution in [0.2, 0.25) is 0 Å². The zero-order valence-corrected chi connectivity index (χ0v) is 8.93. The molecule has 2 rings (SSSR count). The van der Waals surface area contributed by atoms with E-state index in [9.17, 15) is 4.79 Å². The molecule has 0 saturated heterocycles. The maximum atomic E-state index is 10.2. The molecule has 1 heterocycles. The van der Waals surface area contributed by atoms with Crippen molar-refractivity contribution in [1.82, 2.24) is 4.98 Å². The first kappa shape index (κ1) is 10.6. The van der Waals surface area contributed by atoms with Crippen molar-refractivity contribution in [2.75, 3.05) is 6.61 Å². The average molecular weight is 215 g/mol. The van der Waals surface area contributed by atoms with Crippen LogP contribution in [0.4, 0.5) is 0 Å². The highest BCUT2D eigenvalue weighted by atomic mass is 16.5. The molecule has 0 fully saturated rings. The predicted molar refractivity (Wildman–Crippen MR) is 62.5 cm³/mol. The summed E-state index contributed by atoms with van der Waals surface area (Å²) in [5, 5.41) is 1.07. The van der Waals surface area contributed by atoms with E-state index in [0.717, 1.165) is 29.4 Å². The van der Waals surface area contributed by atoms with Gasteiger partial charge in [-0.15, -0.1) is 0 Å². The zero-order chi connectivity index (χ0) is 11.2. The fraction of sp³-hybridized carbons (Fsp3) is 0.231. The molecule has 0 aliphatic heterocycles. The van der Waals surface area contributed by atoms with Crippen LogP contribution in [-0.2, 0) is 4.79 Å². The van der Waals surface area contributed by atoms with Gasteiger partial charge in [0.2, 0.25) is 0 Å². The Hall–Kier alpha value is -1.90. The van der Waals surface area contributed by atoms with E-state index in [4.69, 9.17) is 4.74 Å². The van der Waals surface area contributed by atoms with Gasteiger partial charge in [-0.25, -0.2) is 0 Å². The summed E-state index contributed by atoms with van der Waals surface area (Å²) in [6.07, 6.45) is 3.94. The predicted octanol–water partition coefficient (Wildman–Crippen LogP) is 2.59. The number of aromatic nitrogens is 1. The van der Waals surface area contributed by atoms with Crippen LogP contribution < -0.4 is 4.74 Å². The first-order chi connectivity index (χ1) is 7.92. The highest BCUT2D eigenvalue weighted by molar-refractivity contribution is 5.84. The van der Waals surface area contributed by atoms with Crippen LogP contribution >= 0.6 is 0 Å². The highest BCUT2D eigenvalue weighted by Gasteiger charge is 2.01. The van der Waals surface area contributed by atoms with Crippen LogP contribution in [0.3, 0.4) is 0 Å². The minimum atomic E-state index is 0.540. The normalized spacial score (nSPS) is 10.2. The summed E-state index contributed by atoms with van der Waals surface area (Å²) in [5.41, 5.74) is 0.871. The third-order valence-corrected chi connectivity index (χ3v) is 2.32. The maximum absolute atomic E-state index is 10.2. The molecule has 16 heavy (non-hydrogen) atoms. The van der Waals surface area contributed by atoms with Crippen molar-refractivity contribution in [1.29, 1.82) is 0 Å². The van der Waals surface area contributed by atoms with Crippen LogP contribution in [0.15, 0.2) is 36.5 Å². The molecule has 0 spiro atoms. The van der Waals surface area contributed by atoms with E-state index in [0.29, 0.717) is 13.0 Å². The van der Waals surface area contributed by atoms with E-state index >= 15 is 0 Å². The Labute approximate surface area is 94.1 Å². The van der Waals surface area contributed by atoms with Gasteiger partial charge in [-0.2, -0.15) is 0 Å². The Kier molecular flexibility index (Phi) is 3.49. The van der Waals surface area contributed by atoms with Crippen molar-refractivity contribution in [2.45, 2.75) is 12.8 Å². The van der Waals surface area contributed by atoms with Crippen molar-refractivity contribution in [3.8, 4) is 5.75 Å². The Morgan fingerprint density at radius 3 is 3.00 bits per heavy atom. The van der Waals surface area contributed by atoms with Gasteiger partial charge in [-0.05, 0) is 18.6 Å². The summed E-state index contributed by atoms with van der Waals surface area (Å²) in [4.78, 5) is 14.4. The number of pyridine rings is 1. The van der Waals surface area contributed by atoms with Crippen LogP contribution in [0.25, 0.3) is 10.9 Å². The summed E-state index contributed by atoms with van der Waals surface area (Å²) in [6.45, 7) is 0.550. The lowest BCUT2D eigenvalue weighted by Gasteiger charge is -2.07. The van der Waals surface area contributed by atoms with Crippen LogP contribution in [-0.4, -0.2) is 17.9 Å². The first-order valence-corrected chi connectivity index (χ1v) is 5.32. The molecule has 0 aliphatic carbocycles. The lowest BCUT2D eigenvalue weighted by molar-refractivity contribution is -0.108. The second-order valence-electron chi connectivity index (χ2n) is 3.49. The molecule has 0 saturated carbocycles. The molecule has 0 amide bonds. The lowest BCUT2D eigenvalue weighted by atomic mass is 10.2. The largest absolute Gasteiger partial charge is 0.491 e. The number of unbranched alkanes of at least 4 members (excludes halogenated alkanes) is 1. The zero-order valence-electron chi connectivity index (χ0n) is 8.93. The molecular weight excluding hydrogens is 202 g/mol. The van der Waals surface area contributed by atoms with E-state index in [-0.39, 0.29) is 0 Å². The molecule has 0 bridgehead atoms. The second-order valence-corrected chi connectivity index (χ2v) is 3.49. The SMILES string of the molecule is O=CCCCOc1cccc2cccnc12. The third-order valence-electron chi connectivity index (χ3n) is 2.32. The van der Waals surface area contributed by atoms with Crippen LogP contribution in [0.5, 0.6) is 5.75 Å². The number of nitrogens with zero attached hydrogens (tertiary/aromatic N) is 1. The Morgan fingerprint density at radius 1 is 1.25 bits per heavy atom. The summed E-state index contributed by atoms with van der Waals surface area (Å²) in [6, 6.07) is 9.75. The lowest BCUT2D eigenvalue weighted by Crippen LogP contribution is -1.98. The molecule has 3 nitrogen and oxygen atoms in total. The minimum absolute atomic E-state index is 0.540. The molecule has 1 aromatic heterocycles. The van der Waals surface area contributed by atoms with Gasteiger partial charge in [0.25, 0.3) is 0 Å². The molecule has 0 N–H and O–H groups in total. The van der Waals surface area contributed by atoms with Gasteiger partial charge in [0.1, 0.15) is 17.6 Å². The maximum Gasteiger partial charge on any atom is 0.145 e. The summed E-state index contributed by atoms with van der Waals surface area (Å²) >= 11 is 0. The number of ether oxygens (including phenoxy) is 1. The summed E-state index contributed by atoms with van der Waals surface area (Å²) < 4.78 is 5.60. The van der Waals surface area contributed by atoms with Gasteiger partial charge in [-0.3, -0.25) is 4.98 Å². The average Bonchev–Trinajstić information content (AvgIpc) is 2.35. The van der Waals surface area contributed by atoms with E-state index in [1.54, 1.807) is 6.20 Å². The molecule has 82 valence electrons. The smallest absolute Gasteiger partial charge is 0.145 e. The minimum Gasteiger partial charge on any atom is -0.491 e. The highest BCUT2D eigenvalue weighted by Crippen LogP contribution is 2.22. The molecule has 3 heteroatoms. The summed E-state index contributed by atoms with van der Waals surface area (Å²) in [7, 11) is 0. The van der Waals surface area contributed by atoms with E-state index in [1.165, 1.54) is 0 Å². The fourth-order valence-electron chi connectivity index (χ4n) is 1.54. The number of para-hydroxylation sites is 1. The number of hydrogen-bond acceptors (Lipinski definition) is 3. The molecular formula is C13H13NO2. The number of rotatable bonds is 5. The monoisotopic (exact) mass is 215 g/mol.